The lowest BCUT2D eigenvalue weighted by Crippen LogP contribution is -2.40. The van der Waals surface area contributed by atoms with Crippen LogP contribution in [-0.4, -0.2) is 53.7 Å². The number of nitro groups is 1. The molecule has 1 aliphatic heterocycles. The third-order valence-electron chi connectivity index (χ3n) is 4.08. The highest BCUT2D eigenvalue weighted by molar-refractivity contribution is 9.10. The van der Waals surface area contributed by atoms with Crippen molar-refractivity contribution in [3.8, 4) is 0 Å². The molecule has 1 saturated heterocycles. The number of likely N-dealkylation sites (tertiary alicyclic amines) is 1. The number of hydrogen-bond donors (Lipinski definition) is 2. The minimum absolute atomic E-state index is 0.0988. The van der Waals surface area contributed by atoms with Gasteiger partial charge in [0.15, 0.2) is 0 Å². The average molecular weight is 434 g/mol. The summed E-state index contributed by atoms with van der Waals surface area (Å²) in [7, 11) is 1.46. The summed E-state index contributed by atoms with van der Waals surface area (Å²) in [4.78, 5) is 36.5. The molecular formula is C15H18BrClN4O4. The molecule has 0 aliphatic carbocycles. The molecule has 2 N–H and O–H groups in total. The van der Waals surface area contributed by atoms with E-state index in [4.69, 9.17) is 11.6 Å². The summed E-state index contributed by atoms with van der Waals surface area (Å²) in [5.74, 6) is -0.701. The molecule has 0 aromatic heterocycles. The van der Waals surface area contributed by atoms with Gasteiger partial charge in [-0.1, -0.05) is 15.9 Å². The maximum atomic E-state index is 12.1. The van der Waals surface area contributed by atoms with Crippen LogP contribution < -0.4 is 10.6 Å². The van der Waals surface area contributed by atoms with E-state index in [0.29, 0.717) is 17.6 Å². The quantitative estimate of drug-likeness (QED) is 0.407. The number of benzene rings is 1. The minimum Gasteiger partial charge on any atom is -0.377 e. The van der Waals surface area contributed by atoms with Gasteiger partial charge in [-0.05, 0) is 18.9 Å². The molecule has 0 spiro atoms. The standard InChI is InChI=1S/C15H18BrClN4O4/c1-18-15(23)11-5-9(16)6-12(21(24)25)14(11)19-8-10-3-2-4-20(10)13(22)7-17/h5-6,10,19H,2-4,7-8H2,1H3,(H,18,23). The third-order valence-corrected chi connectivity index (χ3v) is 4.76. The zero-order valence-corrected chi connectivity index (χ0v) is 15.9. The van der Waals surface area contributed by atoms with Gasteiger partial charge in [-0.15, -0.1) is 11.6 Å². The van der Waals surface area contributed by atoms with Gasteiger partial charge in [0, 0.05) is 36.7 Å². The number of nitro benzene ring substituents is 1. The van der Waals surface area contributed by atoms with Crippen LogP contribution in [0.5, 0.6) is 0 Å². The molecule has 1 aliphatic rings. The number of hydrogen-bond acceptors (Lipinski definition) is 5. The molecule has 10 heteroatoms. The largest absolute Gasteiger partial charge is 0.377 e. The van der Waals surface area contributed by atoms with Crippen LogP contribution in [0.15, 0.2) is 16.6 Å². The molecule has 1 aromatic rings. The van der Waals surface area contributed by atoms with Crippen LogP contribution >= 0.6 is 27.5 Å². The van der Waals surface area contributed by atoms with Crippen molar-refractivity contribution < 1.29 is 14.5 Å². The number of halogens is 2. The fourth-order valence-electron chi connectivity index (χ4n) is 2.91. The van der Waals surface area contributed by atoms with Crippen LogP contribution in [-0.2, 0) is 4.79 Å². The fraction of sp³-hybridized carbons (Fsp3) is 0.467. The van der Waals surface area contributed by atoms with Gasteiger partial charge in [-0.3, -0.25) is 19.7 Å². The van der Waals surface area contributed by atoms with Crippen molar-refractivity contribution in [1.82, 2.24) is 10.2 Å². The predicted octanol–water partition coefficient (Wildman–Crippen LogP) is 2.36. The predicted molar refractivity (Wildman–Crippen MR) is 98.1 cm³/mol. The summed E-state index contributed by atoms with van der Waals surface area (Å²) >= 11 is 8.81. The Kier molecular flexibility index (Phi) is 6.60. The van der Waals surface area contributed by atoms with Crippen LogP contribution in [0.4, 0.5) is 11.4 Å². The molecule has 136 valence electrons. The van der Waals surface area contributed by atoms with Gasteiger partial charge in [0.1, 0.15) is 11.6 Å². The fourth-order valence-corrected chi connectivity index (χ4v) is 3.51. The highest BCUT2D eigenvalue weighted by Gasteiger charge is 2.29. The Labute approximate surface area is 158 Å². The van der Waals surface area contributed by atoms with Crippen molar-refractivity contribution in [2.45, 2.75) is 18.9 Å². The van der Waals surface area contributed by atoms with E-state index in [9.17, 15) is 19.7 Å². The molecule has 1 aromatic carbocycles. The number of nitrogens with one attached hydrogen (secondary N) is 2. The summed E-state index contributed by atoms with van der Waals surface area (Å²) in [6, 6.07) is 2.74. The topological polar surface area (TPSA) is 105 Å². The summed E-state index contributed by atoms with van der Waals surface area (Å²) < 4.78 is 0.433. The SMILES string of the molecule is CNC(=O)c1cc(Br)cc([N+](=O)[O-])c1NCC1CCCN1C(=O)CCl. The second-order valence-electron chi connectivity index (χ2n) is 5.58. The first-order valence-corrected chi connectivity index (χ1v) is 9.01. The first-order valence-electron chi connectivity index (χ1n) is 7.68. The van der Waals surface area contributed by atoms with E-state index in [2.05, 4.69) is 26.6 Å². The molecule has 0 saturated carbocycles. The monoisotopic (exact) mass is 432 g/mol. The molecule has 0 bridgehead atoms. The maximum absolute atomic E-state index is 12.1. The number of nitrogens with zero attached hydrogens (tertiary/aromatic N) is 2. The first-order chi connectivity index (χ1) is 11.9. The number of alkyl halides is 1. The van der Waals surface area contributed by atoms with Crippen molar-refractivity contribution in [2.24, 2.45) is 0 Å². The molecular weight excluding hydrogens is 416 g/mol. The van der Waals surface area contributed by atoms with Crippen molar-refractivity contribution in [2.75, 3.05) is 31.3 Å². The number of carbonyl (C=O) groups excluding carboxylic acids is 2. The number of carbonyl (C=O) groups is 2. The van der Waals surface area contributed by atoms with Crippen LogP contribution in [0.25, 0.3) is 0 Å². The smallest absolute Gasteiger partial charge is 0.294 e. The molecule has 2 rings (SSSR count). The highest BCUT2D eigenvalue weighted by Crippen LogP contribution is 2.33. The summed E-state index contributed by atoms with van der Waals surface area (Å²) in [6.07, 6.45) is 1.62. The molecule has 8 nitrogen and oxygen atoms in total. The van der Waals surface area contributed by atoms with E-state index in [0.717, 1.165) is 12.8 Å². The second-order valence-corrected chi connectivity index (χ2v) is 6.76. The third kappa shape index (κ3) is 4.40. The van der Waals surface area contributed by atoms with E-state index in [1.165, 1.54) is 19.2 Å². The molecule has 25 heavy (non-hydrogen) atoms. The van der Waals surface area contributed by atoms with Crippen LogP contribution in [0.3, 0.4) is 0 Å². The van der Waals surface area contributed by atoms with Crippen molar-refractivity contribution in [3.05, 3.63) is 32.3 Å². The van der Waals surface area contributed by atoms with Crippen molar-refractivity contribution in [1.29, 1.82) is 0 Å². The average Bonchev–Trinajstić information content (AvgIpc) is 3.06. The molecule has 2 amide bonds. The van der Waals surface area contributed by atoms with Gasteiger partial charge < -0.3 is 15.5 Å². The van der Waals surface area contributed by atoms with E-state index in [-0.39, 0.29) is 34.8 Å². The van der Waals surface area contributed by atoms with Crippen LogP contribution in [0.2, 0.25) is 0 Å². The Morgan fingerprint density at radius 2 is 2.20 bits per heavy atom. The van der Waals surface area contributed by atoms with Gasteiger partial charge in [-0.25, -0.2) is 0 Å². The zero-order valence-electron chi connectivity index (χ0n) is 13.6. The normalized spacial score (nSPS) is 16.6. The Bertz CT molecular complexity index is 700. The minimum atomic E-state index is -0.546. The zero-order chi connectivity index (χ0) is 18.6. The number of anilines is 1. The van der Waals surface area contributed by atoms with Gasteiger partial charge in [0.05, 0.1) is 10.5 Å². The van der Waals surface area contributed by atoms with E-state index in [1.807, 2.05) is 0 Å². The Hall–Kier alpha value is -1.87. The number of amides is 2. The van der Waals surface area contributed by atoms with Crippen molar-refractivity contribution in [3.63, 3.8) is 0 Å². The van der Waals surface area contributed by atoms with Crippen LogP contribution in [0.1, 0.15) is 23.2 Å². The number of rotatable bonds is 6. The highest BCUT2D eigenvalue weighted by atomic mass is 79.9. The summed E-state index contributed by atoms with van der Waals surface area (Å²) in [6.45, 7) is 0.914. The Morgan fingerprint density at radius 3 is 2.80 bits per heavy atom. The van der Waals surface area contributed by atoms with E-state index >= 15 is 0 Å². The first kappa shape index (κ1) is 19.5. The van der Waals surface area contributed by atoms with Gasteiger partial charge in [-0.2, -0.15) is 0 Å². The van der Waals surface area contributed by atoms with Gasteiger partial charge in [0.2, 0.25) is 5.91 Å². The van der Waals surface area contributed by atoms with E-state index in [1.54, 1.807) is 4.90 Å². The van der Waals surface area contributed by atoms with Crippen molar-refractivity contribution >= 4 is 50.7 Å². The molecule has 1 atom stereocenters. The Morgan fingerprint density at radius 1 is 1.48 bits per heavy atom. The van der Waals surface area contributed by atoms with Gasteiger partial charge >= 0.3 is 0 Å². The Balaban J connectivity index is 2.30. The molecule has 0 radical (unpaired) electrons. The lowest BCUT2D eigenvalue weighted by molar-refractivity contribution is -0.384. The molecule has 1 fully saturated rings. The lowest BCUT2D eigenvalue weighted by Gasteiger charge is -2.25. The summed E-state index contributed by atoms with van der Waals surface area (Å²) in [5.41, 5.74) is 0.0932. The van der Waals surface area contributed by atoms with Crippen LogP contribution in [0, 0.1) is 10.1 Å². The second kappa shape index (κ2) is 8.48. The van der Waals surface area contributed by atoms with Gasteiger partial charge in [0.25, 0.3) is 11.6 Å². The maximum Gasteiger partial charge on any atom is 0.294 e. The molecule has 1 heterocycles. The molecule has 1 unspecified atom stereocenters. The summed E-state index contributed by atoms with van der Waals surface area (Å²) in [5, 5.41) is 16.9. The lowest BCUT2D eigenvalue weighted by atomic mass is 10.1. The van der Waals surface area contributed by atoms with E-state index < -0.39 is 10.8 Å².